The van der Waals surface area contributed by atoms with Crippen molar-refractivity contribution < 1.29 is 23.9 Å². The molecule has 6 heteroatoms. The molecule has 1 aromatic carbocycles. The predicted molar refractivity (Wildman–Crippen MR) is 107 cm³/mol. The molecular formula is C21H29BrO5. The van der Waals surface area contributed by atoms with E-state index >= 15 is 0 Å². The van der Waals surface area contributed by atoms with Gasteiger partial charge in [0.1, 0.15) is 12.4 Å². The summed E-state index contributed by atoms with van der Waals surface area (Å²) in [7, 11) is 1.31. The van der Waals surface area contributed by atoms with Crippen molar-refractivity contribution in [2.24, 2.45) is 10.8 Å². The van der Waals surface area contributed by atoms with E-state index in [0.29, 0.717) is 0 Å². The van der Waals surface area contributed by atoms with Crippen LogP contribution in [0.2, 0.25) is 0 Å². The van der Waals surface area contributed by atoms with E-state index in [-0.39, 0.29) is 25.2 Å². The highest BCUT2D eigenvalue weighted by Crippen LogP contribution is 2.44. The van der Waals surface area contributed by atoms with Crippen molar-refractivity contribution in [2.45, 2.75) is 58.4 Å². The summed E-state index contributed by atoms with van der Waals surface area (Å²) in [6, 6.07) is 9.40. The fourth-order valence-corrected chi connectivity index (χ4v) is 3.90. The molecule has 0 fully saturated rings. The first-order chi connectivity index (χ1) is 12.3. The second kappa shape index (κ2) is 9.00. The van der Waals surface area contributed by atoms with Crippen LogP contribution in [0.15, 0.2) is 30.3 Å². The molecule has 0 amide bonds. The minimum absolute atomic E-state index is 0.0953. The van der Waals surface area contributed by atoms with Crippen molar-refractivity contribution in [2.75, 3.05) is 7.11 Å². The SMILES string of the molecule is COC(=O)C(C)(CC(C)(C)C(=O)OCc1ccccc1)CC(C)(Br)C(C)=O. The highest BCUT2D eigenvalue weighted by molar-refractivity contribution is 9.10. The van der Waals surface area contributed by atoms with E-state index in [4.69, 9.17) is 9.47 Å². The second-order valence-electron chi connectivity index (χ2n) is 8.11. The Labute approximate surface area is 169 Å². The number of ether oxygens (including phenoxy) is 2. The first kappa shape index (κ1) is 23.3. The monoisotopic (exact) mass is 440 g/mol. The summed E-state index contributed by atoms with van der Waals surface area (Å²) >= 11 is 3.41. The van der Waals surface area contributed by atoms with Crippen molar-refractivity contribution >= 4 is 33.7 Å². The highest BCUT2D eigenvalue weighted by atomic mass is 79.9. The molecule has 0 heterocycles. The number of ketones is 1. The van der Waals surface area contributed by atoms with Gasteiger partial charge in [0.05, 0.1) is 22.3 Å². The summed E-state index contributed by atoms with van der Waals surface area (Å²) in [5.74, 6) is -0.957. The molecule has 27 heavy (non-hydrogen) atoms. The summed E-state index contributed by atoms with van der Waals surface area (Å²) in [6.07, 6.45) is 0.395. The van der Waals surface area contributed by atoms with Gasteiger partial charge in [-0.3, -0.25) is 14.4 Å². The van der Waals surface area contributed by atoms with Gasteiger partial charge in [0.25, 0.3) is 0 Å². The summed E-state index contributed by atoms with van der Waals surface area (Å²) in [5.41, 5.74) is -1.08. The maximum Gasteiger partial charge on any atom is 0.311 e. The molecule has 0 bridgehead atoms. The largest absolute Gasteiger partial charge is 0.469 e. The van der Waals surface area contributed by atoms with Gasteiger partial charge in [-0.15, -0.1) is 0 Å². The molecule has 0 N–H and O–H groups in total. The molecule has 0 radical (unpaired) electrons. The lowest BCUT2D eigenvalue weighted by molar-refractivity contribution is -0.162. The maximum atomic E-state index is 12.7. The number of Topliss-reactive ketones (excluding diaryl/α,β-unsaturated/α-hetero) is 1. The van der Waals surface area contributed by atoms with Crippen LogP contribution in [0, 0.1) is 10.8 Å². The van der Waals surface area contributed by atoms with Crippen molar-refractivity contribution in [1.82, 2.24) is 0 Å². The fourth-order valence-electron chi connectivity index (χ4n) is 3.28. The molecule has 2 atom stereocenters. The lowest BCUT2D eigenvalue weighted by Crippen LogP contribution is -2.43. The maximum absolute atomic E-state index is 12.7. The van der Waals surface area contributed by atoms with Gasteiger partial charge in [0.15, 0.2) is 0 Å². The zero-order valence-electron chi connectivity index (χ0n) is 16.9. The number of carbonyl (C=O) groups excluding carboxylic acids is 3. The average Bonchev–Trinajstić information content (AvgIpc) is 2.58. The zero-order valence-corrected chi connectivity index (χ0v) is 18.5. The Morgan fingerprint density at radius 3 is 2.00 bits per heavy atom. The number of methoxy groups -OCH3 is 1. The molecule has 5 nitrogen and oxygen atoms in total. The molecule has 0 spiro atoms. The molecule has 1 rings (SSSR count). The van der Waals surface area contributed by atoms with Crippen molar-refractivity contribution in [3.05, 3.63) is 35.9 Å². The molecule has 0 aliphatic rings. The van der Waals surface area contributed by atoms with Crippen molar-refractivity contribution in [3.63, 3.8) is 0 Å². The van der Waals surface area contributed by atoms with E-state index in [2.05, 4.69) is 15.9 Å². The third-order valence-corrected chi connectivity index (χ3v) is 5.57. The molecule has 2 unspecified atom stereocenters. The Kier molecular flexibility index (Phi) is 7.78. The van der Waals surface area contributed by atoms with E-state index in [1.807, 2.05) is 30.3 Å². The van der Waals surface area contributed by atoms with Gasteiger partial charge in [-0.25, -0.2) is 0 Å². The zero-order chi connectivity index (χ0) is 20.9. The van der Waals surface area contributed by atoms with Gasteiger partial charge in [-0.2, -0.15) is 0 Å². The van der Waals surface area contributed by atoms with E-state index in [1.165, 1.54) is 14.0 Å². The van der Waals surface area contributed by atoms with Crippen LogP contribution in [-0.2, 0) is 30.5 Å². The van der Waals surface area contributed by atoms with E-state index in [0.717, 1.165) is 5.56 Å². The van der Waals surface area contributed by atoms with Gasteiger partial charge in [-0.05, 0) is 53.0 Å². The molecule has 0 aliphatic heterocycles. The quantitative estimate of drug-likeness (QED) is 0.418. The van der Waals surface area contributed by atoms with Gasteiger partial charge in [0.2, 0.25) is 0 Å². The number of benzene rings is 1. The third-order valence-electron chi connectivity index (χ3n) is 4.73. The normalized spacial score (nSPS) is 16.0. The molecule has 150 valence electrons. The van der Waals surface area contributed by atoms with Crippen LogP contribution in [0.4, 0.5) is 0 Å². The number of hydrogen-bond acceptors (Lipinski definition) is 5. The number of alkyl halides is 1. The number of rotatable bonds is 9. The lowest BCUT2D eigenvalue weighted by Gasteiger charge is -2.37. The van der Waals surface area contributed by atoms with Crippen LogP contribution in [0.5, 0.6) is 0 Å². The van der Waals surface area contributed by atoms with Gasteiger partial charge in [0, 0.05) is 0 Å². The first-order valence-corrected chi connectivity index (χ1v) is 9.63. The molecule has 0 aliphatic carbocycles. The lowest BCUT2D eigenvalue weighted by atomic mass is 9.69. The highest BCUT2D eigenvalue weighted by Gasteiger charge is 2.48. The van der Waals surface area contributed by atoms with Gasteiger partial charge >= 0.3 is 11.9 Å². The minimum atomic E-state index is -1.03. The summed E-state index contributed by atoms with van der Waals surface area (Å²) in [5, 5.41) is 0. The number of carbonyl (C=O) groups is 3. The average molecular weight is 441 g/mol. The topological polar surface area (TPSA) is 69.7 Å². The fraction of sp³-hybridized carbons (Fsp3) is 0.571. The smallest absolute Gasteiger partial charge is 0.311 e. The van der Waals surface area contributed by atoms with Gasteiger partial charge < -0.3 is 9.47 Å². The van der Waals surface area contributed by atoms with Crippen LogP contribution in [0.1, 0.15) is 53.0 Å². The van der Waals surface area contributed by atoms with Crippen LogP contribution in [-0.4, -0.2) is 29.2 Å². The van der Waals surface area contributed by atoms with Crippen LogP contribution in [0.25, 0.3) is 0 Å². The van der Waals surface area contributed by atoms with E-state index < -0.39 is 27.1 Å². The summed E-state index contributed by atoms with van der Waals surface area (Å²) in [4.78, 5) is 37.1. The first-order valence-electron chi connectivity index (χ1n) is 8.83. The Balaban J connectivity index is 2.95. The Bertz CT molecular complexity index is 681. The van der Waals surface area contributed by atoms with E-state index in [1.54, 1.807) is 27.7 Å². The van der Waals surface area contributed by atoms with Crippen LogP contribution in [0.3, 0.4) is 0 Å². The Morgan fingerprint density at radius 2 is 1.52 bits per heavy atom. The van der Waals surface area contributed by atoms with E-state index in [9.17, 15) is 14.4 Å². The molecule has 0 aromatic heterocycles. The standard InChI is InChI=1S/C21H29BrO5/c1-15(23)21(5,22)14-20(4,18(25)26-6)13-19(2,3)17(24)27-12-16-10-8-7-9-11-16/h7-11H,12-14H2,1-6H3. The number of halogens is 1. The number of esters is 2. The summed E-state index contributed by atoms with van der Waals surface area (Å²) < 4.78 is 9.54. The Morgan fingerprint density at radius 1 is 0.963 bits per heavy atom. The number of hydrogen-bond donors (Lipinski definition) is 0. The van der Waals surface area contributed by atoms with Gasteiger partial charge in [-0.1, -0.05) is 46.3 Å². The molecule has 0 saturated heterocycles. The Hall–Kier alpha value is -1.69. The predicted octanol–water partition coefficient (Wildman–Crippen LogP) is 4.46. The summed E-state index contributed by atoms with van der Waals surface area (Å²) in [6.45, 7) is 8.54. The molecule has 1 aromatic rings. The minimum Gasteiger partial charge on any atom is -0.469 e. The van der Waals surface area contributed by atoms with Crippen LogP contribution < -0.4 is 0 Å². The van der Waals surface area contributed by atoms with Crippen molar-refractivity contribution in [1.29, 1.82) is 0 Å². The van der Waals surface area contributed by atoms with Crippen LogP contribution >= 0.6 is 15.9 Å². The molecule has 0 saturated carbocycles. The molecular weight excluding hydrogens is 412 g/mol. The third kappa shape index (κ3) is 6.45. The second-order valence-corrected chi connectivity index (χ2v) is 9.86. The van der Waals surface area contributed by atoms with Crippen molar-refractivity contribution in [3.8, 4) is 0 Å².